The summed E-state index contributed by atoms with van der Waals surface area (Å²) in [6, 6.07) is 15.1. The lowest BCUT2D eigenvalue weighted by Gasteiger charge is -2.17. The fourth-order valence-electron chi connectivity index (χ4n) is 2.26. The van der Waals surface area contributed by atoms with Gasteiger partial charge in [0.2, 0.25) is 11.8 Å². The van der Waals surface area contributed by atoms with Gasteiger partial charge in [-0.25, -0.2) is 0 Å². The molecule has 6 nitrogen and oxygen atoms in total. The smallest absolute Gasteiger partial charge is 0.251 e. The van der Waals surface area contributed by atoms with Crippen LogP contribution in [0.5, 0.6) is 0 Å². The first-order valence-corrected chi connectivity index (χ1v) is 7.93. The minimum atomic E-state index is -1.02. The van der Waals surface area contributed by atoms with Gasteiger partial charge in [-0.15, -0.1) is 0 Å². The number of primary amides is 1. The van der Waals surface area contributed by atoms with Crippen molar-refractivity contribution in [2.45, 2.75) is 25.9 Å². The number of nitrogens with one attached hydrogen (secondary N) is 2. The highest BCUT2D eigenvalue weighted by atomic mass is 16.2. The summed E-state index contributed by atoms with van der Waals surface area (Å²) in [5, 5.41) is 5.28. The molecule has 2 rings (SSSR count). The molecular formula is C19H21N3O3. The van der Waals surface area contributed by atoms with Crippen molar-refractivity contribution in [1.82, 2.24) is 10.6 Å². The van der Waals surface area contributed by atoms with Crippen LogP contribution in [-0.2, 0) is 16.1 Å². The molecule has 130 valence electrons. The number of nitrogens with two attached hydrogens (primary N) is 1. The molecule has 2 aromatic carbocycles. The maximum atomic E-state index is 12.4. The van der Waals surface area contributed by atoms with Crippen LogP contribution in [0.3, 0.4) is 0 Å². The largest absolute Gasteiger partial charge is 0.370 e. The van der Waals surface area contributed by atoms with Gasteiger partial charge in [0.05, 0.1) is 6.42 Å². The van der Waals surface area contributed by atoms with Gasteiger partial charge in [-0.05, 0) is 24.6 Å². The molecule has 1 atom stereocenters. The number of hydrogen-bond donors (Lipinski definition) is 3. The Morgan fingerprint density at radius 3 is 2.24 bits per heavy atom. The van der Waals surface area contributed by atoms with Crippen LogP contribution in [0.2, 0.25) is 0 Å². The van der Waals surface area contributed by atoms with Crippen molar-refractivity contribution < 1.29 is 14.4 Å². The molecule has 0 aromatic heterocycles. The van der Waals surface area contributed by atoms with Gasteiger partial charge in [-0.1, -0.05) is 48.0 Å². The van der Waals surface area contributed by atoms with Gasteiger partial charge in [0.15, 0.2) is 0 Å². The van der Waals surface area contributed by atoms with Crippen LogP contribution in [0.4, 0.5) is 0 Å². The Hall–Kier alpha value is -3.15. The minimum absolute atomic E-state index is 0.266. The van der Waals surface area contributed by atoms with Crippen LogP contribution in [0, 0.1) is 6.92 Å². The summed E-state index contributed by atoms with van der Waals surface area (Å²) >= 11 is 0. The maximum absolute atomic E-state index is 12.4. The van der Waals surface area contributed by atoms with Crippen molar-refractivity contribution >= 4 is 17.7 Å². The van der Waals surface area contributed by atoms with Gasteiger partial charge in [-0.2, -0.15) is 0 Å². The van der Waals surface area contributed by atoms with Gasteiger partial charge in [0.1, 0.15) is 6.04 Å². The average Bonchev–Trinajstić information content (AvgIpc) is 2.60. The SMILES string of the molecule is Cc1ccc(CNC(=O)C(CC(N)=O)NC(=O)c2ccccc2)cc1. The fourth-order valence-corrected chi connectivity index (χ4v) is 2.26. The van der Waals surface area contributed by atoms with Crippen LogP contribution in [0.1, 0.15) is 27.9 Å². The number of carbonyl (C=O) groups excluding carboxylic acids is 3. The third-order valence-corrected chi connectivity index (χ3v) is 3.65. The highest BCUT2D eigenvalue weighted by Crippen LogP contribution is 2.04. The number of rotatable bonds is 7. The van der Waals surface area contributed by atoms with E-state index >= 15 is 0 Å². The van der Waals surface area contributed by atoms with E-state index in [4.69, 9.17) is 5.73 Å². The van der Waals surface area contributed by atoms with Crippen molar-refractivity contribution in [2.75, 3.05) is 0 Å². The Bertz CT molecular complexity index is 742. The molecule has 25 heavy (non-hydrogen) atoms. The van der Waals surface area contributed by atoms with E-state index in [0.717, 1.165) is 11.1 Å². The zero-order valence-electron chi connectivity index (χ0n) is 14.0. The van der Waals surface area contributed by atoms with Crippen molar-refractivity contribution in [3.63, 3.8) is 0 Å². The maximum Gasteiger partial charge on any atom is 0.251 e. The molecule has 0 saturated heterocycles. The van der Waals surface area contributed by atoms with E-state index < -0.39 is 23.8 Å². The molecule has 0 aliphatic carbocycles. The average molecular weight is 339 g/mol. The Morgan fingerprint density at radius 2 is 1.64 bits per heavy atom. The number of hydrogen-bond acceptors (Lipinski definition) is 3. The minimum Gasteiger partial charge on any atom is -0.370 e. The van der Waals surface area contributed by atoms with E-state index in [2.05, 4.69) is 10.6 Å². The molecule has 1 unspecified atom stereocenters. The standard InChI is InChI=1S/C19H21N3O3/c1-13-7-9-14(10-8-13)12-21-19(25)16(11-17(20)23)22-18(24)15-5-3-2-4-6-15/h2-10,16H,11-12H2,1H3,(H2,20,23)(H,21,25)(H,22,24). The summed E-state index contributed by atoms with van der Waals surface area (Å²) < 4.78 is 0. The highest BCUT2D eigenvalue weighted by Gasteiger charge is 2.23. The van der Waals surface area contributed by atoms with E-state index in [1.165, 1.54) is 0 Å². The quantitative estimate of drug-likeness (QED) is 0.708. The molecule has 0 bridgehead atoms. The van der Waals surface area contributed by atoms with Crippen LogP contribution in [0.15, 0.2) is 54.6 Å². The second kappa shape index (κ2) is 8.63. The molecule has 0 saturated carbocycles. The molecule has 0 spiro atoms. The zero-order chi connectivity index (χ0) is 18.2. The molecule has 0 aliphatic heterocycles. The predicted octanol–water partition coefficient (Wildman–Crippen LogP) is 1.29. The van der Waals surface area contributed by atoms with E-state index in [-0.39, 0.29) is 6.42 Å². The van der Waals surface area contributed by atoms with E-state index in [1.54, 1.807) is 30.3 Å². The molecule has 6 heteroatoms. The lowest BCUT2D eigenvalue weighted by molar-refractivity contribution is -0.127. The topological polar surface area (TPSA) is 101 Å². The van der Waals surface area contributed by atoms with Gasteiger partial charge in [0, 0.05) is 12.1 Å². The number of benzene rings is 2. The first-order valence-electron chi connectivity index (χ1n) is 7.93. The highest BCUT2D eigenvalue weighted by molar-refractivity contribution is 5.98. The number of aryl methyl sites for hydroxylation is 1. The fraction of sp³-hybridized carbons (Fsp3) is 0.211. The molecule has 4 N–H and O–H groups in total. The first kappa shape index (κ1) is 18.2. The number of amides is 3. The Morgan fingerprint density at radius 1 is 1.00 bits per heavy atom. The Labute approximate surface area is 146 Å². The Kier molecular flexibility index (Phi) is 6.28. The van der Waals surface area contributed by atoms with E-state index in [1.807, 2.05) is 31.2 Å². The summed E-state index contributed by atoms with van der Waals surface area (Å²) in [4.78, 5) is 35.8. The summed E-state index contributed by atoms with van der Waals surface area (Å²) in [6.07, 6.45) is -0.266. The van der Waals surface area contributed by atoms with Crippen LogP contribution in [-0.4, -0.2) is 23.8 Å². The summed E-state index contributed by atoms with van der Waals surface area (Å²) in [6.45, 7) is 2.28. The van der Waals surface area contributed by atoms with Crippen molar-refractivity contribution in [2.24, 2.45) is 5.73 Å². The second-order valence-electron chi connectivity index (χ2n) is 5.77. The first-order chi connectivity index (χ1) is 12.0. The van der Waals surface area contributed by atoms with Gasteiger partial charge >= 0.3 is 0 Å². The predicted molar refractivity (Wildman–Crippen MR) is 94.5 cm³/mol. The van der Waals surface area contributed by atoms with E-state index in [0.29, 0.717) is 12.1 Å². The Balaban J connectivity index is 2.00. The molecule has 0 aliphatic rings. The zero-order valence-corrected chi connectivity index (χ0v) is 14.0. The monoisotopic (exact) mass is 339 g/mol. The third-order valence-electron chi connectivity index (χ3n) is 3.65. The van der Waals surface area contributed by atoms with Crippen molar-refractivity contribution in [3.05, 3.63) is 71.3 Å². The normalized spacial score (nSPS) is 11.4. The van der Waals surface area contributed by atoms with Gasteiger partial charge in [-0.3, -0.25) is 14.4 Å². The van der Waals surface area contributed by atoms with Crippen molar-refractivity contribution in [1.29, 1.82) is 0 Å². The van der Waals surface area contributed by atoms with E-state index in [9.17, 15) is 14.4 Å². The van der Waals surface area contributed by atoms with Gasteiger partial charge < -0.3 is 16.4 Å². The molecule has 3 amide bonds. The van der Waals surface area contributed by atoms with Crippen LogP contribution in [0.25, 0.3) is 0 Å². The third kappa shape index (κ3) is 5.76. The second-order valence-corrected chi connectivity index (χ2v) is 5.77. The number of carbonyl (C=O) groups is 3. The van der Waals surface area contributed by atoms with Crippen molar-refractivity contribution in [3.8, 4) is 0 Å². The lowest BCUT2D eigenvalue weighted by Crippen LogP contribution is -2.48. The molecule has 0 fully saturated rings. The summed E-state index contributed by atoms with van der Waals surface area (Å²) in [7, 11) is 0. The van der Waals surface area contributed by atoms with Gasteiger partial charge in [0.25, 0.3) is 5.91 Å². The summed E-state index contributed by atoms with van der Waals surface area (Å²) in [5.74, 6) is -1.55. The van der Waals surface area contributed by atoms with Crippen LogP contribution < -0.4 is 16.4 Å². The summed E-state index contributed by atoms with van der Waals surface area (Å²) in [5.41, 5.74) is 7.65. The molecule has 0 radical (unpaired) electrons. The van der Waals surface area contributed by atoms with Crippen LogP contribution >= 0.6 is 0 Å². The molecule has 2 aromatic rings. The lowest BCUT2D eigenvalue weighted by atomic mass is 10.1. The molecule has 0 heterocycles. The molecular weight excluding hydrogens is 318 g/mol.